The number of rotatable bonds is 4. The van der Waals surface area contributed by atoms with Crippen molar-refractivity contribution in [3.05, 3.63) is 29.3 Å². The monoisotopic (exact) mass is 310 g/mol. The standard InChI is InChI=1S/C15H22N2O3S/c1-15(2,21(3,19)20)10-17-14(18)12-8-4-6-11-7-5-9-16-13(11)12/h4,6,8,16H,5,7,9-10H2,1-3H3,(H,17,18). The number of nitrogens with one attached hydrogen (secondary N) is 2. The SMILES string of the molecule is CC(C)(CNC(=O)c1cccc2c1NCCC2)S(C)(=O)=O. The Kier molecular flexibility index (Phi) is 4.27. The highest BCUT2D eigenvalue weighted by molar-refractivity contribution is 7.92. The van der Waals surface area contributed by atoms with E-state index in [0.717, 1.165) is 30.6 Å². The molecule has 0 aromatic heterocycles. The van der Waals surface area contributed by atoms with Gasteiger partial charge in [-0.25, -0.2) is 8.42 Å². The minimum Gasteiger partial charge on any atom is -0.384 e. The second kappa shape index (κ2) is 5.67. The lowest BCUT2D eigenvalue weighted by Gasteiger charge is -2.24. The molecule has 0 atom stereocenters. The van der Waals surface area contributed by atoms with Crippen LogP contribution in [-0.2, 0) is 16.3 Å². The maximum atomic E-state index is 12.3. The number of sulfone groups is 1. The van der Waals surface area contributed by atoms with E-state index in [1.165, 1.54) is 6.26 Å². The topological polar surface area (TPSA) is 75.3 Å². The Hall–Kier alpha value is -1.56. The van der Waals surface area contributed by atoms with Gasteiger partial charge in [-0.3, -0.25) is 4.79 Å². The van der Waals surface area contributed by atoms with Crippen LogP contribution in [-0.4, -0.2) is 38.4 Å². The van der Waals surface area contributed by atoms with Crippen LogP contribution in [0.3, 0.4) is 0 Å². The predicted octanol–water partition coefficient (Wildman–Crippen LogP) is 1.60. The van der Waals surface area contributed by atoms with Crippen molar-refractivity contribution in [3.8, 4) is 0 Å². The van der Waals surface area contributed by atoms with Crippen LogP contribution in [0, 0.1) is 0 Å². The van der Waals surface area contributed by atoms with Crippen LogP contribution < -0.4 is 10.6 Å². The van der Waals surface area contributed by atoms with Crippen LogP contribution in [0.5, 0.6) is 0 Å². The van der Waals surface area contributed by atoms with E-state index in [-0.39, 0.29) is 12.5 Å². The van der Waals surface area contributed by atoms with Crippen molar-refractivity contribution in [1.29, 1.82) is 0 Å². The maximum absolute atomic E-state index is 12.3. The van der Waals surface area contributed by atoms with E-state index in [1.54, 1.807) is 19.9 Å². The van der Waals surface area contributed by atoms with E-state index >= 15 is 0 Å². The van der Waals surface area contributed by atoms with Crippen molar-refractivity contribution in [3.63, 3.8) is 0 Å². The first-order valence-corrected chi connectivity index (χ1v) is 8.95. The van der Waals surface area contributed by atoms with Crippen LogP contribution in [0.15, 0.2) is 18.2 Å². The number of fused-ring (bicyclic) bond motifs is 1. The quantitative estimate of drug-likeness (QED) is 0.886. The number of anilines is 1. The second-order valence-electron chi connectivity index (χ2n) is 6.08. The first-order chi connectivity index (χ1) is 9.72. The molecule has 0 aliphatic carbocycles. The Morgan fingerprint density at radius 1 is 1.38 bits per heavy atom. The van der Waals surface area contributed by atoms with Gasteiger partial charge in [0, 0.05) is 19.3 Å². The normalized spacial score (nSPS) is 15.0. The number of carbonyl (C=O) groups excluding carboxylic acids is 1. The molecule has 0 saturated heterocycles. The second-order valence-corrected chi connectivity index (χ2v) is 8.73. The Bertz CT molecular complexity index is 651. The highest BCUT2D eigenvalue weighted by Gasteiger charge is 2.31. The van der Waals surface area contributed by atoms with Crippen molar-refractivity contribution in [2.24, 2.45) is 0 Å². The molecule has 1 aliphatic rings. The lowest BCUT2D eigenvalue weighted by molar-refractivity contribution is 0.0951. The molecule has 0 fully saturated rings. The van der Waals surface area contributed by atoms with E-state index in [4.69, 9.17) is 0 Å². The summed E-state index contributed by atoms with van der Waals surface area (Å²) in [6.07, 6.45) is 3.20. The summed E-state index contributed by atoms with van der Waals surface area (Å²) in [6, 6.07) is 5.64. The molecule has 2 rings (SSSR count). The number of aryl methyl sites for hydroxylation is 1. The highest BCUT2D eigenvalue weighted by Crippen LogP contribution is 2.26. The zero-order chi connectivity index (χ0) is 15.7. The number of hydrogen-bond donors (Lipinski definition) is 2. The molecule has 1 amide bonds. The summed E-state index contributed by atoms with van der Waals surface area (Å²) in [5.74, 6) is -0.238. The third kappa shape index (κ3) is 3.37. The molecule has 0 spiro atoms. The van der Waals surface area contributed by atoms with Gasteiger partial charge in [0.05, 0.1) is 16.0 Å². The summed E-state index contributed by atoms with van der Waals surface area (Å²) in [5, 5.41) is 6.00. The molecule has 1 heterocycles. The largest absolute Gasteiger partial charge is 0.384 e. The first-order valence-electron chi connectivity index (χ1n) is 7.06. The summed E-state index contributed by atoms with van der Waals surface area (Å²) in [5.41, 5.74) is 2.59. The third-order valence-electron chi connectivity index (χ3n) is 4.00. The number of hydrogen-bond acceptors (Lipinski definition) is 4. The number of carbonyl (C=O) groups is 1. The van der Waals surface area contributed by atoms with Gasteiger partial charge >= 0.3 is 0 Å². The van der Waals surface area contributed by atoms with Crippen molar-refractivity contribution in [2.45, 2.75) is 31.4 Å². The molecule has 0 unspecified atom stereocenters. The fourth-order valence-electron chi connectivity index (χ4n) is 2.22. The zero-order valence-electron chi connectivity index (χ0n) is 12.7. The third-order valence-corrected chi connectivity index (χ3v) is 6.15. The summed E-state index contributed by atoms with van der Waals surface area (Å²) < 4.78 is 22.4. The number of amides is 1. The first kappa shape index (κ1) is 15.8. The molecule has 0 bridgehead atoms. The van der Waals surface area contributed by atoms with Gasteiger partial charge < -0.3 is 10.6 Å². The van der Waals surface area contributed by atoms with Crippen LogP contribution in [0.25, 0.3) is 0 Å². The van der Waals surface area contributed by atoms with E-state index in [1.807, 2.05) is 12.1 Å². The smallest absolute Gasteiger partial charge is 0.253 e. The fourth-order valence-corrected chi connectivity index (χ4v) is 2.55. The van der Waals surface area contributed by atoms with Crippen molar-refractivity contribution in [2.75, 3.05) is 24.7 Å². The predicted molar refractivity (Wildman–Crippen MR) is 84.5 cm³/mol. The van der Waals surface area contributed by atoms with Crippen molar-refractivity contribution in [1.82, 2.24) is 5.32 Å². The van der Waals surface area contributed by atoms with Crippen molar-refractivity contribution >= 4 is 21.4 Å². The Balaban J connectivity index is 2.15. The van der Waals surface area contributed by atoms with E-state index in [9.17, 15) is 13.2 Å². The minimum absolute atomic E-state index is 0.0916. The lowest BCUT2D eigenvalue weighted by Crippen LogP contribution is -2.44. The molecule has 6 heteroatoms. The van der Waals surface area contributed by atoms with Crippen molar-refractivity contribution < 1.29 is 13.2 Å². The number of benzene rings is 1. The van der Waals surface area contributed by atoms with Gasteiger partial charge in [0.15, 0.2) is 9.84 Å². The van der Waals surface area contributed by atoms with Gasteiger partial charge in [-0.05, 0) is 38.3 Å². The van der Waals surface area contributed by atoms with Gasteiger partial charge in [-0.2, -0.15) is 0 Å². The van der Waals surface area contributed by atoms with E-state index in [2.05, 4.69) is 10.6 Å². The van der Waals surface area contributed by atoms with Gasteiger partial charge in [0.1, 0.15) is 0 Å². The van der Waals surface area contributed by atoms with E-state index < -0.39 is 14.6 Å². The minimum atomic E-state index is -3.23. The summed E-state index contributed by atoms with van der Waals surface area (Å²) in [7, 11) is -3.23. The molecule has 0 saturated carbocycles. The average molecular weight is 310 g/mol. The Morgan fingerprint density at radius 2 is 2.10 bits per heavy atom. The average Bonchev–Trinajstić information content (AvgIpc) is 2.43. The fraction of sp³-hybridized carbons (Fsp3) is 0.533. The van der Waals surface area contributed by atoms with Gasteiger partial charge in [0.25, 0.3) is 5.91 Å². The van der Waals surface area contributed by atoms with Gasteiger partial charge in [0.2, 0.25) is 0 Å². The lowest BCUT2D eigenvalue weighted by atomic mass is 9.99. The van der Waals surface area contributed by atoms with Gasteiger partial charge in [-0.1, -0.05) is 12.1 Å². The zero-order valence-corrected chi connectivity index (χ0v) is 13.5. The summed E-state index contributed by atoms with van der Waals surface area (Å²) in [6.45, 7) is 4.17. The van der Waals surface area contributed by atoms with Gasteiger partial charge in [-0.15, -0.1) is 0 Å². The molecule has 21 heavy (non-hydrogen) atoms. The molecule has 0 radical (unpaired) electrons. The summed E-state index contributed by atoms with van der Waals surface area (Å²) >= 11 is 0. The Labute approximate surface area is 126 Å². The molecule has 1 aromatic rings. The van der Waals surface area contributed by atoms with Crippen LogP contribution in [0.4, 0.5) is 5.69 Å². The molecular formula is C15H22N2O3S. The molecule has 5 nitrogen and oxygen atoms in total. The van der Waals surface area contributed by atoms with Crippen LogP contribution >= 0.6 is 0 Å². The summed E-state index contributed by atoms with van der Waals surface area (Å²) in [4.78, 5) is 12.3. The molecular weight excluding hydrogens is 288 g/mol. The molecule has 1 aliphatic heterocycles. The maximum Gasteiger partial charge on any atom is 0.253 e. The molecule has 1 aromatic carbocycles. The molecule has 116 valence electrons. The number of para-hydroxylation sites is 1. The Morgan fingerprint density at radius 3 is 2.76 bits per heavy atom. The highest BCUT2D eigenvalue weighted by atomic mass is 32.2. The van der Waals surface area contributed by atoms with Crippen LogP contribution in [0.2, 0.25) is 0 Å². The van der Waals surface area contributed by atoms with E-state index in [0.29, 0.717) is 5.56 Å². The van der Waals surface area contributed by atoms with Crippen LogP contribution in [0.1, 0.15) is 36.2 Å². The molecule has 2 N–H and O–H groups in total.